The van der Waals surface area contributed by atoms with Gasteiger partial charge >= 0.3 is 47.9 Å². The molecule has 0 N–H and O–H groups in total. The standard InChI is InChI=1S/C12H5F17O2/c1-2-31-5(30)3(7(16,17)18)4(13)6(14,15)8(19,20)9(21,22)10(23,24)11(25,26)12(27,28)29/h2H2,1H3. The van der Waals surface area contributed by atoms with Crippen LogP contribution in [-0.2, 0) is 9.53 Å². The molecule has 0 radical (unpaired) electrons. The molecule has 184 valence electrons. The van der Waals surface area contributed by atoms with Gasteiger partial charge in [0.15, 0.2) is 11.4 Å². The predicted molar refractivity (Wildman–Crippen MR) is 61.6 cm³/mol. The Morgan fingerprint density at radius 3 is 1.29 bits per heavy atom. The van der Waals surface area contributed by atoms with Crippen LogP contribution in [0.2, 0.25) is 0 Å². The maximum atomic E-state index is 13.5. The second-order valence-corrected chi connectivity index (χ2v) is 5.28. The zero-order valence-electron chi connectivity index (χ0n) is 13.9. The number of alkyl halides is 16. The molecule has 31 heavy (non-hydrogen) atoms. The minimum atomic E-state index is -8.54. The van der Waals surface area contributed by atoms with Crippen LogP contribution in [0.25, 0.3) is 0 Å². The molecule has 0 aromatic heterocycles. The molecule has 0 rings (SSSR count). The van der Waals surface area contributed by atoms with Gasteiger partial charge in [0.1, 0.15) is 0 Å². The lowest BCUT2D eigenvalue weighted by Crippen LogP contribution is -2.70. The Labute approximate surface area is 158 Å². The Morgan fingerprint density at radius 2 is 1.00 bits per heavy atom. The van der Waals surface area contributed by atoms with E-state index in [0.29, 0.717) is 6.92 Å². The predicted octanol–water partition coefficient (Wildman–Crippen LogP) is 6.07. The first-order valence-corrected chi connectivity index (χ1v) is 6.87. The molecule has 0 spiro atoms. The number of hydrogen-bond donors (Lipinski definition) is 0. The molecule has 0 bridgehead atoms. The lowest BCUT2D eigenvalue weighted by atomic mass is 9.92. The van der Waals surface area contributed by atoms with Crippen molar-refractivity contribution in [1.82, 2.24) is 0 Å². The fourth-order valence-corrected chi connectivity index (χ4v) is 1.60. The lowest BCUT2D eigenvalue weighted by molar-refractivity contribution is -0.437. The number of carbonyl (C=O) groups is 1. The van der Waals surface area contributed by atoms with Crippen LogP contribution in [0.4, 0.5) is 74.6 Å². The van der Waals surface area contributed by atoms with Crippen LogP contribution in [0, 0.1) is 0 Å². The zero-order chi connectivity index (χ0) is 25.6. The molecule has 19 heteroatoms. The van der Waals surface area contributed by atoms with E-state index in [9.17, 15) is 79.4 Å². The first-order valence-electron chi connectivity index (χ1n) is 6.87. The minimum absolute atomic E-state index is 0.643. The number of allylic oxidation sites excluding steroid dienone is 1. The van der Waals surface area contributed by atoms with Crippen molar-refractivity contribution in [3.8, 4) is 0 Å². The highest BCUT2D eigenvalue weighted by Gasteiger charge is 2.91. The van der Waals surface area contributed by atoms with Crippen LogP contribution in [-0.4, -0.2) is 54.5 Å². The highest BCUT2D eigenvalue weighted by Crippen LogP contribution is 2.61. The fourth-order valence-electron chi connectivity index (χ4n) is 1.60. The molecule has 0 aliphatic heterocycles. The van der Waals surface area contributed by atoms with Crippen LogP contribution in [0.15, 0.2) is 11.4 Å². The molecule has 0 amide bonds. The smallest absolute Gasteiger partial charge is 0.460 e. The number of carbonyl (C=O) groups excluding carboxylic acids is 1. The van der Waals surface area contributed by atoms with Crippen molar-refractivity contribution in [2.24, 2.45) is 0 Å². The van der Waals surface area contributed by atoms with Crippen molar-refractivity contribution in [3.05, 3.63) is 11.4 Å². The van der Waals surface area contributed by atoms with Gasteiger partial charge in [0.05, 0.1) is 6.61 Å². The van der Waals surface area contributed by atoms with E-state index in [2.05, 4.69) is 4.74 Å². The van der Waals surface area contributed by atoms with Crippen LogP contribution < -0.4 is 0 Å². The number of hydrogen-bond acceptors (Lipinski definition) is 2. The second kappa shape index (κ2) is 7.86. The molecule has 2 nitrogen and oxygen atoms in total. The number of ether oxygens (including phenoxy) is 1. The summed E-state index contributed by atoms with van der Waals surface area (Å²) in [7, 11) is 0. The molecular formula is C12H5F17O2. The SMILES string of the molecule is CCOC(=O)C(=C(F)C(F)(F)C(F)(F)C(F)(F)C(F)(F)C(F)(F)C(F)(F)F)C(F)(F)F. The van der Waals surface area contributed by atoms with Gasteiger partial charge in [-0.05, 0) is 6.92 Å². The summed E-state index contributed by atoms with van der Waals surface area (Å²) in [4.78, 5) is 10.9. The topological polar surface area (TPSA) is 26.3 Å². The third kappa shape index (κ3) is 4.35. The summed E-state index contributed by atoms with van der Waals surface area (Å²) in [5.74, 6) is -49.6. The first kappa shape index (κ1) is 29.0. The van der Waals surface area contributed by atoms with Crippen LogP contribution in [0.3, 0.4) is 0 Å². The van der Waals surface area contributed by atoms with Gasteiger partial charge in [0, 0.05) is 0 Å². The third-order valence-corrected chi connectivity index (χ3v) is 3.19. The van der Waals surface area contributed by atoms with Gasteiger partial charge in [-0.1, -0.05) is 0 Å². The maximum absolute atomic E-state index is 13.5. The van der Waals surface area contributed by atoms with Gasteiger partial charge in [-0.3, -0.25) is 0 Å². The van der Waals surface area contributed by atoms with Crippen molar-refractivity contribution < 1.29 is 84.2 Å². The van der Waals surface area contributed by atoms with Crippen molar-refractivity contribution in [2.75, 3.05) is 6.61 Å². The second-order valence-electron chi connectivity index (χ2n) is 5.28. The van der Waals surface area contributed by atoms with E-state index in [1.54, 1.807) is 0 Å². The van der Waals surface area contributed by atoms with Crippen molar-refractivity contribution in [1.29, 1.82) is 0 Å². The van der Waals surface area contributed by atoms with E-state index < -0.39 is 65.9 Å². The highest BCUT2D eigenvalue weighted by molar-refractivity contribution is 5.90. The van der Waals surface area contributed by atoms with Gasteiger partial charge in [0.25, 0.3) is 0 Å². The van der Waals surface area contributed by atoms with Crippen molar-refractivity contribution in [3.63, 3.8) is 0 Å². The summed E-state index contributed by atoms with van der Waals surface area (Å²) >= 11 is 0. The lowest BCUT2D eigenvalue weighted by Gasteiger charge is -2.39. The number of rotatable bonds is 7. The zero-order valence-corrected chi connectivity index (χ0v) is 13.9. The monoisotopic (exact) mass is 504 g/mol. The Hall–Kier alpha value is -1.98. The highest BCUT2D eigenvalue weighted by atomic mass is 19.4. The normalized spacial score (nSPS) is 16.2. The average molecular weight is 504 g/mol. The first-order chi connectivity index (χ1) is 13.3. The van der Waals surface area contributed by atoms with Crippen LogP contribution in [0.5, 0.6) is 0 Å². The molecule has 0 heterocycles. The maximum Gasteiger partial charge on any atom is 0.460 e. The van der Waals surface area contributed by atoms with Crippen LogP contribution in [0.1, 0.15) is 6.92 Å². The van der Waals surface area contributed by atoms with E-state index in [-0.39, 0.29) is 0 Å². The van der Waals surface area contributed by atoms with Crippen molar-refractivity contribution in [2.45, 2.75) is 48.9 Å². The molecule has 0 saturated heterocycles. The molecule has 0 aromatic rings. The van der Waals surface area contributed by atoms with E-state index in [1.165, 1.54) is 0 Å². The molecule has 0 unspecified atom stereocenters. The summed E-state index contributed by atoms with van der Waals surface area (Å²) in [6.07, 6.45) is -14.5. The van der Waals surface area contributed by atoms with Gasteiger partial charge < -0.3 is 4.74 Å². The van der Waals surface area contributed by atoms with E-state index in [0.717, 1.165) is 0 Å². The van der Waals surface area contributed by atoms with Gasteiger partial charge in [-0.25, -0.2) is 9.18 Å². The molecule has 0 aliphatic carbocycles. The summed E-state index contributed by atoms with van der Waals surface area (Å²) < 4.78 is 222. The molecule has 0 aromatic carbocycles. The minimum Gasteiger partial charge on any atom is -0.462 e. The average Bonchev–Trinajstić information content (AvgIpc) is 2.51. The molecule has 0 saturated carbocycles. The largest absolute Gasteiger partial charge is 0.462 e. The summed E-state index contributed by atoms with van der Waals surface area (Å²) in [5, 5.41) is 0. The van der Waals surface area contributed by atoms with Gasteiger partial charge in [0.2, 0.25) is 0 Å². The summed E-state index contributed by atoms with van der Waals surface area (Å²) in [5.41, 5.74) is -4.07. The summed E-state index contributed by atoms with van der Waals surface area (Å²) in [6.45, 7) is -0.551. The van der Waals surface area contributed by atoms with E-state index >= 15 is 0 Å². The molecule has 0 aliphatic rings. The molecular weight excluding hydrogens is 499 g/mol. The van der Waals surface area contributed by atoms with Crippen LogP contribution >= 0.6 is 0 Å². The Kier molecular flexibility index (Phi) is 7.36. The third-order valence-electron chi connectivity index (χ3n) is 3.19. The Balaban J connectivity index is 6.98. The Bertz CT molecular complexity index is 712. The molecule has 0 atom stereocenters. The fraction of sp³-hybridized carbons (Fsp3) is 0.750. The van der Waals surface area contributed by atoms with Gasteiger partial charge in [-0.15, -0.1) is 0 Å². The van der Waals surface area contributed by atoms with E-state index in [1.807, 2.05) is 0 Å². The summed E-state index contributed by atoms with van der Waals surface area (Å²) in [6, 6.07) is 0. The van der Waals surface area contributed by atoms with Crippen molar-refractivity contribution >= 4 is 5.97 Å². The quantitative estimate of drug-likeness (QED) is 0.239. The van der Waals surface area contributed by atoms with E-state index in [4.69, 9.17) is 0 Å². The number of esters is 1. The van der Waals surface area contributed by atoms with Gasteiger partial charge in [-0.2, -0.15) is 70.2 Å². The molecule has 0 fully saturated rings. The number of halogens is 17. The Morgan fingerprint density at radius 1 is 0.645 bits per heavy atom.